The molecule has 0 aliphatic rings. The zero-order valence-corrected chi connectivity index (χ0v) is 11.1. The van der Waals surface area contributed by atoms with Crippen molar-refractivity contribution in [2.75, 3.05) is 5.32 Å². The molecule has 2 aromatic heterocycles. The highest BCUT2D eigenvalue weighted by atomic mass is 79.9. The third-order valence-corrected chi connectivity index (χ3v) is 2.87. The van der Waals surface area contributed by atoms with Crippen LogP contribution in [0.25, 0.3) is 0 Å². The first-order valence-electron chi connectivity index (χ1n) is 5.43. The van der Waals surface area contributed by atoms with Crippen molar-refractivity contribution in [3.05, 3.63) is 46.6 Å². The van der Waals surface area contributed by atoms with Gasteiger partial charge in [-0.25, -0.2) is 9.97 Å². The minimum atomic E-state index is 0.674. The quantitative estimate of drug-likeness (QED) is 0.881. The molecule has 17 heavy (non-hydrogen) atoms. The van der Waals surface area contributed by atoms with Gasteiger partial charge in [-0.05, 0) is 34.0 Å². The predicted octanol–water partition coefficient (Wildman–Crippen LogP) is 2.81. The van der Waals surface area contributed by atoms with Crippen molar-refractivity contribution in [1.29, 1.82) is 0 Å². The molecule has 2 heterocycles. The number of anilines is 1. The van der Waals surface area contributed by atoms with Gasteiger partial charge < -0.3 is 5.32 Å². The first kappa shape index (κ1) is 12.0. The number of pyridine rings is 1. The van der Waals surface area contributed by atoms with E-state index < -0.39 is 0 Å². The van der Waals surface area contributed by atoms with Gasteiger partial charge >= 0.3 is 0 Å². The molecule has 0 fully saturated rings. The fourth-order valence-electron chi connectivity index (χ4n) is 1.56. The van der Waals surface area contributed by atoms with Crippen LogP contribution in [-0.4, -0.2) is 15.0 Å². The van der Waals surface area contributed by atoms with Crippen LogP contribution >= 0.6 is 15.9 Å². The molecular weight excluding hydrogens is 280 g/mol. The largest absolute Gasteiger partial charge is 0.364 e. The van der Waals surface area contributed by atoms with Gasteiger partial charge in [0, 0.05) is 12.3 Å². The highest BCUT2D eigenvalue weighted by molar-refractivity contribution is 9.10. The van der Waals surface area contributed by atoms with Gasteiger partial charge in [-0.15, -0.1) is 0 Å². The second-order valence-electron chi connectivity index (χ2n) is 3.54. The van der Waals surface area contributed by atoms with Gasteiger partial charge in [0.15, 0.2) is 0 Å². The molecule has 2 aromatic rings. The Morgan fingerprint density at radius 3 is 2.94 bits per heavy atom. The van der Waals surface area contributed by atoms with E-state index in [1.165, 1.54) is 11.9 Å². The van der Waals surface area contributed by atoms with Gasteiger partial charge in [0.05, 0.1) is 12.2 Å². The van der Waals surface area contributed by atoms with Crippen molar-refractivity contribution >= 4 is 21.7 Å². The molecule has 0 amide bonds. The molecule has 5 heteroatoms. The molecule has 0 atom stereocenters. The summed E-state index contributed by atoms with van der Waals surface area (Å²) in [6.07, 6.45) is 4.32. The van der Waals surface area contributed by atoms with Crippen LogP contribution < -0.4 is 5.32 Å². The molecule has 0 radical (unpaired) electrons. The Morgan fingerprint density at radius 2 is 2.18 bits per heavy atom. The lowest BCUT2D eigenvalue weighted by Gasteiger charge is -2.08. The lowest BCUT2D eigenvalue weighted by molar-refractivity contribution is 0.960. The van der Waals surface area contributed by atoms with Crippen molar-refractivity contribution in [2.45, 2.75) is 19.9 Å². The lowest BCUT2D eigenvalue weighted by atomic mass is 10.1. The van der Waals surface area contributed by atoms with Gasteiger partial charge in [-0.2, -0.15) is 0 Å². The van der Waals surface area contributed by atoms with E-state index in [1.54, 1.807) is 0 Å². The summed E-state index contributed by atoms with van der Waals surface area (Å²) in [4.78, 5) is 12.5. The van der Waals surface area contributed by atoms with Crippen LogP contribution in [0.1, 0.15) is 18.2 Å². The molecule has 0 saturated carbocycles. The second kappa shape index (κ2) is 5.72. The Labute approximate surface area is 109 Å². The number of hydrogen-bond donors (Lipinski definition) is 1. The molecule has 0 unspecified atom stereocenters. The SMILES string of the molecule is CCc1cccnc1CNc1cc(Br)ncn1. The fraction of sp³-hybridized carbons (Fsp3) is 0.250. The first-order chi connectivity index (χ1) is 8.29. The molecular formula is C12H13BrN4. The van der Waals surface area contributed by atoms with Crippen LogP contribution in [0.2, 0.25) is 0 Å². The minimum absolute atomic E-state index is 0.674. The maximum absolute atomic E-state index is 4.37. The highest BCUT2D eigenvalue weighted by Gasteiger charge is 2.02. The molecule has 0 aromatic carbocycles. The minimum Gasteiger partial charge on any atom is -0.364 e. The van der Waals surface area contributed by atoms with Gasteiger partial charge in [0.1, 0.15) is 16.7 Å². The van der Waals surface area contributed by atoms with E-state index in [-0.39, 0.29) is 0 Å². The van der Waals surface area contributed by atoms with Crippen LogP contribution in [0.3, 0.4) is 0 Å². The average Bonchev–Trinajstić information content (AvgIpc) is 2.37. The van der Waals surface area contributed by atoms with Crippen molar-refractivity contribution in [3.63, 3.8) is 0 Å². The van der Waals surface area contributed by atoms with E-state index in [1.807, 2.05) is 18.3 Å². The zero-order chi connectivity index (χ0) is 12.1. The van der Waals surface area contributed by atoms with Crippen LogP contribution in [-0.2, 0) is 13.0 Å². The Bertz CT molecular complexity index is 501. The molecule has 0 spiro atoms. The Hall–Kier alpha value is -1.49. The maximum atomic E-state index is 4.37. The molecule has 0 aliphatic carbocycles. The zero-order valence-electron chi connectivity index (χ0n) is 9.52. The summed E-state index contributed by atoms with van der Waals surface area (Å²) in [7, 11) is 0. The molecule has 0 saturated heterocycles. The monoisotopic (exact) mass is 292 g/mol. The summed E-state index contributed by atoms with van der Waals surface area (Å²) in [5.41, 5.74) is 2.32. The average molecular weight is 293 g/mol. The van der Waals surface area contributed by atoms with Gasteiger partial charge in [0.25, 0.3) is 0 Å². The van der Waals surface area contributed by atoms with Crippen LogP contribution in [0.15, 0.2) is 35.3 Å². The molecule has 4 nitrogen and oxygen atoms in total. The molecule has 0 aliphatic heterocycles. The summed E-state index contributed by atoms with van der Waals surface area (Å²) >= 11 is 3.31. The number of aromatic nitrogens is 3. The summed E-state index contributed by atoms with van der Waals surface area (Å²) in [6.45, 7) is 2.80. The summed E-state index contributed by atoms with van der Waals surface area (Å²) in [5, 5.41) is 3.23. The number of nitrogens with zero attached hydrogens (tertiary/aromatic N) is 3. The Kier molecular flexibility index (Phi) is 4.03. The van der Waals surface area contributed by atoms with E-state index in [0.29, 0.717) is 6.54 Å². The van der Waals surface area contributed by atoms with Crippen molar-refractivity contribution in [1.82, 2.24) is 15.0 Å². The number of aryl methyl sites for hydroxylation is 1. The predicted molar refractivity (Wildman–Crippen MR) is 70.7 cm³/mol. The van der Waals surface area contributed by atoms with Crippen molar-refractivity contribution in [2.24, 2.45) is 0 Å². The number of nitrogens with one attached hydrogen (secondary N) is 1. The van der Waals surface area contributed by atoms with Crippen LogP contribution in [0, 0.1) is 0 Å². The van der Waals surface area contributed by atoms with Crippen LogP contribution in [0.5, 0.6) is 0 Å². The van der Waals surface area contributed by atoms with E-state index in [9.17, 15) is 0 Å². The molecule has 0 bridgehead atoms. The molecule has 2 rings (SSSR count). The van der Waals surface area contributed by atoms with Crippen LogP contribution in [0.4, 0.5) is 5.82 Å². The Morgan fingerprint density at radius 1 is 1.29 bits per heavy atom. The van der Waals surface area contributed by atoms with Gasteiger partial charge in [-0.3, -0.25) is 4.98 Å². The summed E-state index contributed by atoms with van der Waals surface area (Å²) in [5.74, 6) is 0.791. The summed E-state index contributed by atoms with van der Waals surface area (Å²) < 4.78 is 0.770. The third kappa shape index (κ3) is 3.23. The maximum Gasteiger partial charge on any atom is 0.130 e. The lowest BCUT2D eigenvalue weighted by Crippen LogP contribution is -2.06. The smallest absolute Gasteiger partial charge is 0.130 e. The van der Waals surface area contributed by atoms with Gasteiger partial charge in [0.2, 0.25) is 0 Å². The number of halogens is 1. The third-order valence-electron chi connectivity index (χ3n) is 2.44. The van der Waals surface area contributed by atoms with E-state index >= 15 is 0 Å². The Balaban J connectivity index is 2.07. The standard InChI is InChI=1S/C12H13BrN4/c1-2-9-4-3-5-14-10(9)7-15-12-6-11(13)16-8-17-12/h3-6,8H,2,7H2,1H3,(H,15,16,17). The van der Waals surface area contributed by atoms with E-state index in [4.69, 9.17) is 0 Å². The molecule has 88 valence electrons. The number of hydrogen-bond acceptors (Lipinski definition) is 4. The highest BCUT2D eigenvalue weighted by Crippen LogP contribution is 2.12. The fourth-order valence-corrected chi connectivity index (χ4v) is 1.87. The first-order valence-corrected chi connectivity index (χ1v) is 6.23. The second-order valence-corrected chi connectivity index (χ2v) is 4.35. The van der Waals surface area contributed by atoms with Crippen molar-refractivity contribution in [3.8, 4) is 0 Å². The normalized spacial score (nSPS) is 10.2. The van der Waals surface area contributed by atoms with Gasteiger partial charge in [-0.1, -0.05) is 13.0 Å². The summed E-state index contributed by atoms with van der Waals surface area (Å²) in [6, 6.07) is 5.90. The molecule has 1 N–H and O–H groups in total. The van der Waals surface area contributed by atoms with Crippen molar-refractivity contribution < 1.29 is 0 Å². The number of rotatable bonds is 4. The van der Waals surface area contributed by atoms with E-state index in [2.05, 4.69) is 49.2 Å². The topological polar surface area (TPSA) is 50.7 Å². The van der Waals surface area contributed by atoms with E-state index in [0.717, 1.165) is 22.5 Å².